The average Bonchev–Trinajstić information content (AvgIpc) is 2.78. The molecular formula is C23H24F3NO3. The van der Waals surface area contributed by atoms with Gasteiger partial charge < -0.3 is 19.5 Å². The highest BCUT2D eigenvalue weighted by molar-refractivity contribution is 5.56. The summed E-state index contributed by atoms with van der Waals surface area (Å²) in [5, 5.41) is 9.72. The fourth-order valence-corrected chi connectivity index (χ4v) is 4.49. The zero-order valence-electron chi connectivity index (χ0n) is 16.4. The van der Waals surface area contributed by atoms with E-state index in [1.54, 1.807) is 6.07 Å². The van der Waals surface area contributed by atoms with Gasteiger partial charge in [0.15, 0.2) is 6.17 Å². The van der Waals surface area contributed by atoms with Crippen molar-refractivity contribution >= 4 is 12.0 Å². The van der Waals surface area contributed by atoms with E-state index in [1.165, 1.54) is 12.1 Å². The lowest BCUT2D eigenvalue weighted by atomic mass is 9.77. The van der Waals surface area contributed by atoms with Crippen LogP contribution in [-0.2, 0) is 4.79 Å². The molecule has 3 unspecified atom stereocenters. The van der Waals surface area contributed by atoms with Gasteiger partial charge in [0.1, 0.15) is 17.8 Å². The molecule has 0 spiro atoms. The summed E-state index contributed by atoms with van der Waals surface area (Å²) in [5.41, 5.74) is 2.31. The number of carbonyl (C=O) groups is 1. The number of phenolic OH excluding ortho intramolecular Hbond substituents is 1. The molecule has 2 heterocycles. The van der Waals surface area contributed by atoms with Crippen molar-refractivity contribution in [3.63, 3.8) is 0 Å². The second-order valence-electron chi connectivity index (χ2n) is 8.01. The third kappa shape index (κ3) is 3.98. The van der Waals surface area contributed by atoms with Gasteiger partial charge in [0.2, 0.25) is 0 Å². The maximum absolute atomic E-state index is 14.4. The highest BCUT2D eigenvalue weighted by atomic mass is 19.3. The third-order valence-corrected chi connectivity index (χ3v) is 6.19. The molecule has 0 saturated carbocycles. The Hall–Kier alpha value is -2.70. The standard InChI is InChI=1S/C23H24F3NO3/c24-22(23(25)26)19-13-30-20-11-17(29)5-6-18(20)21(19)15-1-3-16(4-2-15)27-9-7-14(12-28)8-10-27/h1-6,11-12,14,19,21-23,29H,7-10,13H2. The minimum atomic E-state index is -3.10. The summed E-state index contributed by atoms with van der Waals surface area (Å²) in [6.07, 6.45) is -2.79. The fraction of sp³-hybridized carbons (Fsp3) is 0.435. The summed E-state index contributed by atoms with van der Waals surface area (Å²) >= 11 is 0. The Morgan fingerprint density at radius 3 is 2.40 bits per heavy atom. The minimum Gasteiger partial charge on any atom is -0.508 e. The third-order valence-electron chi connectivity index (χ3n) is 6.19. The SMILES string of the molecule is O=CC1CCN(c2ccc(C3c4ccc(O)cc4OCC3C(F)C(F)F)cc2)CC1. The first kappa shape index (κ1) is 20.6. The molecular weight excluding hydrogens is 395 g/mol. The van der Waals surface area contributed by atoms with Crippen LogP contribution >= 0.6 is 0 Å². The molecule has 0 aliphatic carbocycles. The van der Waals surface area contributed by atoms with Crippen molar-refractivity contribution in [2.24, 2.45) is 11.8 Å². The Balaban J connectivity index is 1.63. The molecule has 4 nitrogen and oxygen atoms in total. The number of hydrogen-bond acceptors (Lipinski definition) is 4. The van der Waals surface area contributed by atoms with Gasteiger partial charge in [-0.3, -0.25) is 0 Å². The second kappa shape index (κ2) is 8.58. The van der Waals surface area contributed by atoms with Gasteiger partial charge >= 0.3 is 0 Å². The number of nitrogens with zero attached hydrogens (tertiary/aromatic N) is 1. The van der Waals surface area contributed by atoms with Crippen molar-refractivity contribution in [2.45, 2.75) is 31.4 Å². The maximum atomic E-state index is 14.4. The fourth-order valence-electron chi connectivity index (χ4n) is 4.49. The lowest BCUT2D eigenvalue weighted by molar-refractivity contribution is -0.111. The molecule has 2 aromatic rings. The molecule has 0 aromatic heterocycles. The van der Waals surface area contributed by atoms with E-state index in [1.807, 2.05) is 24.3 Å². The molecule has 3 atom stereocenters. The maximum Gasteiger partial charge on any atom is 0.269 e. The van der Waals surface area contributed by atoms with E-state index in [-0.39, 0.29) is 18.3 Å². The van der Waals surface area contributed by atoms with Gasteiger partial charge in [0.05, 0.1) is 6.61 Å². The first-order valence-corrected chi connectivity index (χ1v) is 10.2. The normalized spacial score (nSPS) is 23.0. The predicted molar refractivity (Wildman–Crippen MR) is 107 cm³/mol. The lowest BCUT2D eigenvalue weighted by Gasteiger charge is -2.36. The smallest absolute Gasteiger partial charge is 0.269 e. The molecule has 7 heteroatoms. The average molecular weight is 419 g/mol. The number of aldehydes is 1. The molecule has 30 heavy (non-hydrogen) atoms. The van der Waals surface area contributed by atoms with E-state index in [2.05, 4.69) is 4.90 Å². The Morgan fingerprint density at radius 1 is 1.07 bits per heavy atom. The molecule has 160 valence electrons. The van der Waals surface area contributed by atoms with Crippen molar-refractivity contribution in [1.82, 2.24) is 0 Å². The first-order valence-electron chi connectivity index (χ1n) is 10.2. The van der Waals surface area contributed by atoms with Gasteiger partial charge in [-0.05, 0) is 36.6 Å². The molecule has 0 bridgehead atoms. The van der Waals surface area contributed by atoms with E-state index in [9.17, 15) is 23.1 Å². The van der Waals surface area contributed by atoms with Gasteiger partial charge in [0, 0.05) is 48.2 Å². The molecule has 1 saturated heterocycles. The van der Waals surface area contributed by atoms with Crippen molar-refractivity contribution < 1.29 is 27.8 Å². The van der Waals surface area contributed by atoms with E-state index in [0.717, 1.165) is 43.5 Å². The number of benzene rings is 2. The summed E-state index contributed by atoms with van der Waals surface area (Å²) in [4.78, 5) is 13.1. The topological polar surface area (TPSA) is 49.8 Å². The first-order chi connectivity index (χ1) is 14.5. The number of aromatic hydroxyl groups is 1. The van der Waals surface area contributed by atoms with Crippen molar-refractivity contribution in [2.75, 3.05) is 24.6 Å². The largest absolute Gasteiger partial charge is 0.508 e. The van der Waals surface area contributed by atoms with Crippen molar-refractivity contribution in [3.8, 4) is 11.5 Å². The van der Waals surface area contributed by atoms with Gasteiger partial charge in [-0.1, -0.05) is 18.2 Å². The zero-order chi connectivity index (χ0) is 21.3. The molecule has 0 radical (unpaired) electrons. The molecule has 4 rings (SSSR count). The molecule has 1 fully saturated rings. The minimum absolute atomic E-state index is 0.00526. The van der Waals surface area contributed by atoms with Crippen LogP contribution in [0.15, 0.2) is 42.5 Å². The zero-order valence-corrected chi connectivity index (χ0v) is 16.4. The number of fused-ring (bicyclic) bond motifs is 1. The van der Waals surface area contributed by atoms with E-state index in [4.69, 9.17) is 4.74 Å². The van der Waals surface area contributed by atoms with E-state index in [0.29, 0.717) is 11.3 Å². The van der Waals surface area contributed by atoms with Crippen LogP contribution in [0.1, 0.15) is 29.9 Å². The number of rotatable bonds is 5. The molecule has 0 amide bonds. The highest BCUT2D eigenvalue weighted by Crippen LogP contribution is 2.45. The number of carbonyl (C=O) groups excluding carboxylic acids is 1. The molecule has 1 N–H and O–H groups in total. The van der Waals surface area contributed by atoms with Crippen molar-refractivity contribution in [3.05, 3.63) is 53.6 Å². The van der Waals surface area contributed by atoms with Gasteiger partial charge in [-0.25, -0.2) is 13.2 Å². The number of ether oxygens (including phenoxy) is 1. The molecule has 2 aliphatic rings. The quantitative estimate of drug-likeness (QED) is 0.723. The van der Waals surface area contributed by atoms with E-state index < -0.39 is 24.4 Å². The second-order valence-corrected chi connectivity index (χ2v) is 8.01. The number of phenols is 1. The number of alkyl halides is 3. The summed E-state index contributed by atoms with van der Waals surface area (Å²) in [6.45, 7) is 1.37. The van der Waals surface area contributed by atoms with Crippen LogP contribution in [0.2, 0.25) is 0 Å². The number of halogens is 3. The Bertz CT molecular complexity index is 882. The van der Waals surface area contributed by atoms with Crippen LogP contribution in [0.3, 0.4) is 0 Å². The number of piperidine rings is 1. The van der Waals surface area contributed by atoms with E-state index >= 15 is 0 Å². The van der Waals surface area contributed by atoms with Crippen LogP contribution < -0.4 is 9.64 Å². The summed E-state index contributed by atoms with van der Waals surface area (Å²) in [5.74, 6) is -1.14. The molecule has 2 aliphatic heterocycles. The monoisotopic (exact) mass is 419 g/mol. The van der Waals surface area contributed by atoms with Crippen LogP contribution in [0, 0.1) is 11.8 Å². The number of hydrogen-bond donors (Lipinski definition) is 1. The summed E-state index contributed by atoms with van der Waals surface area (Å²) < 4.78 is 46.4. The Kier molecular flexibility index (Phi) is 5.88. The highest BCUT2D eigenvalue weighted by Gasteiger charge is 2.41. The lowest BCUT2D eigenvalue weighted by Crippen LogP contribution is -2.37. The van der Waals surface area contributed by atoms with Gasteiger partial charge in [-0.15, -0.1) is 0 Å². The summed E-state index contributed by atoms with van der Waals surface area (Å²) in [6, 6.07) is 12.0. The van der Waals surface area contributed by atoms with Crippen LogP contribution in [0.25, 0.3) is 0 Å². The van der Waals surface area contributed by atoms with Crippen LogP contribution in [0.5, 0.6) is 11.5 Å². The van der Waals surface area contributed by atoms with Gasteiger partial charge in [-0.2, -0.15) is 0 Å². The van der Waals surface area contributed by atoms with Crippen LogP contribution in [0.4, 0.5) is 18.9 Å². The predicted octanol–water partition coefficient (Wildman–Crippen LogP) is 4.55. The Morgan fingerprint density at radius 2 is 1.77 bits per heavy atom. The summed E-state index contributed by atoms with van der Waals surface area (Å²) in [7, 11) is 0. The van der Waals surface area contributed by atoms with Crippen LogP contribution in [-0.4, -0.2) is 43.7 Å². The van der Waals surface area contributed by atoms with Gasteiger partial charge in [0.25, 0.3) is 6.43 Å². The van der Waals surface area contributed by atoms with Crippen molar-refractivity contribution in [1.29, 1.82) is 0 Å². The number of anilines is 1. The Labute approximate surface area is 173 Å². The molecule has 2 aromatic carbocycles.